The number of hydrogen-bond acceptors (Lipinski definition) is 3. The lowest BCUT2D eigenvalue weighted by atomic mass is 9.82. The first-order chi connectivity index (χ1) is 9.61. The van der Waals surface area contributed by atoms with Crippen LogP contribution in [-0.2, 0) is 11.3 Å². The van der Waals surface area contributed by atoms with Crippen molar-refractivity contribution in [1.82, 2.24) is 15.2 Å². The van der Waals surface area contributed by atoms with Gasteiger partial charge < -0.3 is 5.32 Å². The number of amides is 3. The van der Waals surface area contributed by atoms with Gasteiger partial charge in [-0.1, -0.05) is 19.3 Å². The Morgan fingerprint density at radius 2 is 2.00 bits per heavy atom. The van der Waals surface area contributed by atoms with Gasteiger partial charge in [-0.15, -0.1) is 0 Å². The molecule has 1 aliphatic carbocycles. The summed E-state index contributed by atoms with van der Waals surface area (Å²) >= 11 is 3.35. The molecule has 1 N–H and O–H groups in total. The van der Waals surface area contributed by atoms with Gasteiger partial charge in [-0.05, 0) is 40.4 Å². The predicted molar refractivity (Wildman–Crippen MR) is 76.8 cm³/mol. The van der Waals surface area contributed by atoms with Crippen LogP contribution in [0.5, 0.6) is 0 Å². The third kappa shape index (κ3) is 2.32. The first-order valence-electron chi connectivity index (χ1n) is 6.84. The number of aromatic nitrogens is 1. The van der Waals surface area contributed by atoms with Gasteiger partial charge in [0.1, 0.15) is 5.54 Å². The second-order valence-electron chi connectivity index (χ2n) is 5.48. The normalized spacial score (nSPS) is 21.4. The molecule has 5 nitrogen and oxygen atoms in total. The molecule has 1 saturated carbocycles. The highest BCUT2D eigenvalue weighted by atomic mass is 79.9. The van der Waals surface area contributed by atoms with Gasteiger partial charge in [0.05, 0.1) is 6.54 Å². The molecule has 1 aromatic rings. The quantitative estimate of drug-likeness (QED) is 0.843. The molecule has 2 heterocycles. The number of pyridine rings is 1. The third-order valence-corrected chi connectivity index (χ3v) is 4.49. The molecule has 1 spiro atoms. The first-order valence-corrected chi connectivity index (χ1v) is 7.64. The van der Waals surface area contributed by atoms with Gasteiger partial charge in [0.15, 0.2) is 0 Å². The van der Waals surface area contributed by atoms with Crippen molar-refractivity contribution in [3.63, 3.8) is 0 Å². The highest BCUT2D eigenvalue weighted by Gasteiger charge is 2.51. The molecule has 106 valence electrons. The van der Waals surface area contributed by atoms with Crippen molar-refractivity contribution in [1.29, 1.82) is 0 Å². The van der Waals surface area contributed by atoms with Gasteiger partial charge in [0.25, 0.3) is 5.91 Å². The van der Waals surface area contributed by atoms with Crippen LogP contribution in [0.15, 0.2) is 22.9 Å². The topological polar surface area (TPSA) is 62.3 Å². The molecule has 3 amide bonds. The van der Waals surface area contributed by atoms with Crippen molar-refractivity contribution in [3.05, 3.63) is 28.5 Å². The monoisotopic (exact) mass is 337 g/mol. The Morgan fingerprint density at radius 3 is 2.70 bits per heavy atom. The molecule has 0 atom stereocenters. The molecule has 0 radical (unpaired) electrons. The summed E-state index contributed by atoms with van der Waals surface area (Å²) in [5.41, 5.74) is 0.199. The molecule has 20 heavy (non-hydrogen) atoms. The average molecular weight is 338 g/mol. The van der Waals surface area contributed by atoms with Gasteiger partial charge in [-0.2, -0.15) is 0 Å². The van der Waals surface area contributed by atoms with Crippen LogP contribution in [0.3, 0.4) is 0 Å². The van der Waals surface area contributed by atoms with Crippen LogP contribution in [0.4, 0.5) is 4.79 Å². The Hall–Kier alpha value is -1.43. The fourth-order valence-electron chi connectivity index (χ4n) is 3.04. The van der Waals surface area contributed by atoms with Crippen molar-refractivity contribution in [2.75, 3.05) is 0 Å². The van der Waals surface area contributed by atoms with Crippen molar-refractivity contribution in [2.45, 2.75) is 44.2 Å². The molecule has 1 aromatic heterocycles. The third-order valence-electron chi connectivity index (χ3n) is 4.06. The number of imide groups is 1. The zero-order valence-electron chi connectivity index (χ0n) is 11.1. The molecular weight excluding hydrogens is 322 g/mol. The second-order valence-corrected chi connectivity index (χ2v) is 6.39. The standard InChI is InChI=1S/C14H16BrN3O2/c15-11-6-10(7-16-8-11)9-18-12(19)14(17-13(18)20)4-2-1-3-5-14/h6-8H,1-5,9H2,(H,17,20). The number of hydrogen-bond donors (Lipinski definition) is 1. The number of rotatable bonds is 2. The summed E-state index contributed by atoms with van der Waals surface area (Å²) in [4.78, 5) is 30.1. The summed E-state index contributed by atoms with van der Waals surface area (Å²) in [7, 11) is 0. The van der Waals surface area contributed by atoms with E-state index in [1.165, 1.54) is 4.90 Å². The first kappa shape index (κ1) is 13.5. The number of carbonyl (C=O) groups excluding carboxylic acids is 2. The van der Waals surface area contributed by atoms with Gasteiger partial charge in [0.2, 0.25) is 0 Å². The molecule has 2 fully saturated rings. The van der Waals surface area contributed by atoms with Crippen molar-refractivity contribution in [3.8, 4) is 0 Å². The van der Waals surface area contributed by atoms with E-state index in [0.717, 1.165) is 42.1 Å². The van der Waals surface area contributed by atoms with E-state index < -0.39 is 5.54 Å². The van der Waals surface area contributed by atoms with Gasteiger partial charge in [0, 0.05) is 16.9 Å². The van der Waals surface area contributed by atoms with Crippen LogP contribution in [0, 0.1) is 0 Å². The molecule has 1 aliphatic heterocycles. The van der Waals surface area contributed by atoms with Gasteiger partial charge in [-0.25, -0.2) is 4.79 Å². The zero-order chi connectivity index (χ0) is 14.2. The fourth-order valence-corrected chi connectivity index (χ4v) is 3.45. The summed E-state index contributed by atoms with van der Waals surface area (Å²) in [5, 5.41) is 2.91. The summed E-state index contributed by atoms with van der Waals surface area (Å²) in [6.45, 7) is 0.277. The molecule has 0 unspecified atom stereocenters. The summed E-state index contributed by atoms with van der Waals surface area (Å²) in [6, 6.07) is 1.59. The van der Waals surface area contributed by atoms with Crippen LogP contribution in [0.1, 0.15) is 37.7 Å². The van der Waals surface area contributed by atoms with E-state index in [9.17, 15) is 9.59 Å². The van der Waals surface area contributed by atoms with E-state index in [1.807, 2.05) is 6.07 Å². The number of halogens is 1. The smallest absolute Gasteiger partial charge is 0.323 e. The van der Waals surface area contributed by atoms with Crippen molar-refractivity contribution < 1.29 is 9.59 Å². The van der Waals surface area contributed by atoms with E-state index in [1.54, 1.807) is 12.4 Å². The largest absolute Gasteiger partial charge is 0.325 e. The minimum atomic E-state index is -0.644. The Kier molecular flexibility index (Phi) is 3.50. The fraction of sp³-hybridized carbons (Fsp3) is 0.500. The van der Waals surface area contributed by atoms with E-state index in [-0.39, 0.29) is 18.5 Å². The molecule has 2 aliphatic rings. The van der Waals surface area contributed by atoms with Crippen molar-refractivity contribution in [2.24, 2.45) is 0 Å². The summed E-state index contributed by atoms with van der Waals surface area (Å²) in [5.74, 6) is -0.0813. The Morgan fingerprint density at radius 1 is 1.25 bits per heavy atom. The maximum atomic E-state index is 12.6. The SMILES string of the molecule is O=C1NC2(CCCCC2)C(=O)N1Cc1cncc(Br)c1. The highest BCUT2D eigenvalue weighted by molar-refractivity contribution is 9.10. The second kappa shape index (κ2) is 5.16. The maximum Gasteiger partial charge on any atom is 0.325 e. The maximum absolute atomic E-state index is 12.6. The lowest BCUT2D eigenvalue weighted by Gasteiger charge is -2.30. The van der Waals surface area contributed by atoms with E-state index in [0.29, 0.717) is 0 Å². The van der Waals surface area contributed by atoms with Crippen LogP contribution in [0.25, 0.3) is 0 Å². The highest BCUT2D eigenvalue weighted by Crippen LogP contribution is 2.34. The number of carbonyl (C=O) groups is 2. The summed E-state index contributed by atoms with van der Waals surface area (Å²) in [6.07, 6.45) is 8.00. The lowest BCUT2D eigenvalue weighted by Crippen LogP contribution is -2.48. The summed E-state index contributed by atoms with van der Waals surface area (Å²) < 4.78 is 0.842. The van der Waals surface area contributed by atoms with Crippen LogP contribution >= 0.6 is 15.9 Å². The van der Waals surface area contributed by atoms with Gasteiger partial charge >= 0.3 is 6.03 Å². The minimum Gasteiger partial charge on any atom is -0.323 e. The van der Waals surface area contributed by atoms with Crippen molar-refractivity contribution >= 4 is 27.9 Å². The predicted octanol–water partition coefficient (Wildman–Crippen LogP) is 2.60. The molecule has 6 heteroatoms. The lowest BCUT2D eigenvalue weighted by molar-refractivity contribution is -0.132. The van der Waals surface area contributed by atoms with Crippen LogP contribution in [-0.4, -0.2) is 27.4 Å². The number of nitrogens with zero attached hydrogens (tertiary/aromatic N) is 2. The molecule has 1 saturated heterocycles. The van der Waals surface area contributed by atoms with E-state index in [2.05, 4.69) is 26.2 Å². The molecule has 0 bridgehead atoms. The van der Waals surface area contributed by atoms with Crippen LogP contribution in [0.2, 0.25) is 0 Å². The Bertz CT molecular complexity index is 555. The number of urea groups is 1. The average Bonchev–Trinajstić information content (AvgIpc) is 2.64. The van der Waals surface area contributed by atoms with E-state index in [4.69, 9.17) is 0 Å². The number of nitrogens with one attached hydrogen (secondary N) is 1. The van der Waals surface area contributed by atoms with Crippen LogP contribution < -0.4 is 5.32 Å². The molecule has 0 aromatic carbocycles. The minimum absolute atomic E-state index is 0.0813. The zero-order valence-corrected chi connectivity index (χ0v) is 12.6. The molecule has 3 rings (SSSR count). The van der Waals surface area contributed by atoms with E-state index >= 15 is 0 Å². The Labute approximate surface area is 125 Å². The molecular formula is C14H16BrN3O2. The van der Waals surface area contributed by atoms with Gasteiger partial charge in [-0.3, -0.25) is 14.7 Å². The Balaban J connectivity index is 1.80.